The molecule has 2 aromatic rings. The first-order chi connectivity index (χ1) is 18.5. The second-order valence-electron chi connectivity index (χ2n) is 9.14. The number of anilines is 1. The molecule has 0 fully saturated rings. The summed E-state index contributed by atoms with van der Waals surface area (Å²) < 4.78 is 13.7. The Morgan fingerprint density at radius 2 is 1.67 bits per heavy atom. The van der Waals surface area contributed by atoms with E-state index in [2.05, 4.69) is 34.4 Å². The number of hydrogen-bond donors (Lipinski definition) is 5. The van der Waals surface area contributed by atoms with Crippen LogP contribution in [0.5, 0.6) is 0 Å². The maximum Gasteiger partial charge on any atom is 0.303 e. The van der Waals surface area contributed by atoms with Crippen LogP contribution in [0.25, 0.3) is 11.6 Å². The van der Waals surface area contributed by atoms with Crippen LogP contribution < -0.4 is 10.6 Å². The summed E-state index contributed by atoms with van der Waals surface area (Å²) in [7, 11) is 0. The predicted molar refractivity (Wildman–Crippen MR) is 147 cm³/mol. The zero-order valence-electron chi connectivity index (χ0n) is 22.8. The van der Waals surface area contributed by atoms with Crippen LogP contribution in [0, 0.1) is 19.7 Å². The minimum absolute atomic E-state index is 0.0628. The number of benzene rings is 1. The van der Waals surface area contributed by atoms with Crippen LogP contribution in [0.1, 0.15) is 72.4 Å². The molecule has 0 aliphatic carbocycles. The van der Waals surface area contributed by atoms with Crippen molar-refractivity contribution in [3.05, 3.63) is 52.1 Å². The summed E-state index contributed by atoms with van der Waals surface area (Å²) in [5.74, 6) is -2.58. The van der Waals surface area contributed by atoms with Gasteiger partial charge in [-0.25, -0.2) is 4.39 Å². The van der Waals surface area contributed by atoms with Gasteiger partial charge in [0.15, 0.2) is 0 Å². The van der Waals surface area contributed by atoms with Crippen molar-refractivity contribution in [2.45, 2.75) is 53.4 Å². The van der Waals surface area contributed by atoms with Crippen LogP contribution >= 0.6 is 0 Å². The molecule has 0 radical (unpaired) electrons. The number of rotatable bonds is 12. The van der Waals surface area contributed by atoms with Crippen molar-refractivity contribution in [2.75, 3.05) is 31.5 Å². The van der Waals surface area contributed by atoms with Gasteiger partial charge in [0.25, 0.3) is 11.8 Å². The first-order valence-corrected chi connectivity index (χ1v) is 12.9. The highest BCUT2D eigenvalue weighted by atomic mass is 19.1. The maximum absolute atomic E-state index is 13.7. The van der Waals surface area contributed by atoms with E-state index < -0.39 is 17.8 Å². The minimum Gasteiger partial charge on any atom is -0.481 e. The number of aryl methyl sites for hydroxylation is 1. The highest BCUT2D eigenvalue weighted by molar-refractivity contribution is 6.34. The number of carboxylic acid groups (broad SMARTS) is 2. The molecule has 10 nitrogen and oxygen atoms in total. The molecule has 0 saturated carbocycles. The first-order valence-electron chi connectivity index (χ1n) is 12.9. The molecule has 0 saturated heterocycles. The number of likely N-dealkylation sites (N-methyl/N-ethyl adjacent to an activating group) is 1. The van der Waals surface area contributed by atoms with Crippen molar-refractivity contribution in [2.24, 2.45) is 0 Å². The number of aromatic amines is 1. The van der Waals surface area contributed by atoms with Crippen LogP contribution in [0.4, 0.5) is 10.1 Å². The number of fused-ring (bicyclic) bond motifs is 1. The number of nitrogens with one attached hydrogen (secondary N) is 3. The van der Waals surface area contributed by atoms with Crippen molar-refractivity contribution < 1.29 is 33.8 Å². The fourth-order valence-corrected chi connectivity index (χ4v) is 4.22. The Labute approximate surface area is 227 Å². The largest absolute Gasteiger partial charge is 0.481 e. The number of hydrogen-bond acceptors (Lipinski definition) is 5. The summed E-state index contributed by atoms with van der Waals surface area (Å²) >= 11 is 0. The molecule has 212 valence electrons. The van der Waals surface area contributed by atoms with Gasteiger partial charge in [-0.1, -0.05) is 13.8 Å². The average Bonchev–Trinajstić information content (AvgIpc) is 3.33. The lowest BCUT2D eigenvalue weighted by Crippen LogP contribution is -2.35. The van der Waals surface area contributed by atoms with Gasteiger partial charge in [0, 0.05) is 48.6 Å². The molecule has 2 heterocycles. The molecule has 2 amide bonds. The molecule has 39 heavy (non-hydrogen) atoms. The topological polar surface area (TPSA) is 152 Å². The average molecular weight is 545 g/mol. The first kappa shape index (κ1) is 31.2. The molecule has 0 spiro atoms. The standard InChI is InChI=1S/C22H27FN4O2.C6H10O4/c1-5-27(6-2)10-9-24-22(29)20-13(3)19(25-14(20)4)12-17-16-11-15(23)7-8-18(16)26-21(17)28;7-5(8)3-1-2-4-6(9)10/h7-8,11-12,25H,5-6,9-10H2,1-4H3,(H,24,29)(H,26,28);1-4H2,(H,7,8)(H,9,10)/b17-12-;. The molecule has 1 aliphatic heterocycles. The van der Waals surface area contributed by atoms with Crippen LogP contribution in [0.3, 0.4) is 0 Å². The van der Waals surface area contributed by atoms with E-state index in [-0.39, 0.29) is 24.7 Å². The van der Waals surface area contributed by atoms with Crippen LogP contribution in [-0.2, 0) is 14.4 Å². The van der Waals surface area contributed by atoms with Crippen LogP contribution in [0.2, 0.25) is 0 Å². The third-order valence-corrected chi connectivity index (χ3v) is 6.40. The number of unbranched alkanes of at least 4 members (excludes halogenated alkanes) is 1. The van der Waals surface area contributed by atoms with E-state index in [0.717, 1.165) is 30.9 Å². The van der Waals surface area contributed by atoms with Crippen LogP contribution in [0.15, 0.2) is 18.2 Å². The fourth-order valence-electron chi connectivity index (χ4n) is 4.22. The lowest BCUT2D eigenvalue weighted by atomic mass is 10.0. The van der Waals surface area contributed by atoms with E-state index in [9.17, 15) is 23.6 Å². The summed E-state index contributed by atoms with van der Waals surface area (Å²) in [6.45, 7) is 11.1. The lowest BCUT2D eigenvalue weighted by molar-refractivity contribution is -0.139. The molecule has 11 heteroatoms. The van der Waals surface area contributed by atoms with E-state index in [1.807, 2.05) is 13.8 Å². The summed E-state index contributed by atoms with van der Waals surface area (Å²) in [5.41, 5.74) is 4.20. The Hall–Kier alpha value is -3.99. The number of carbonyl (C=O) groups excluding carboxylic acids is 2. The van der Waals surface area contributed by atoms with Gasteiger partial charge in [-0.05, 0) is 69.6 Å². The highest BCUT2D eigenvalue weighted by Crippen LogP contribution is 2.34. The van der Waals surface area contributed by atoms with Gasteiger partial charge >= 0.3 is 11.9 Å². The number of amides is 2. The number of aromatic nitrogens is 1. The van der Waals surface area contributed by atoms with Crippen molar-refractivity contribution in [1.82, 2.24) is 15.2 Å². The molecular weight excluding hydrogens is 507 g/mol. The summed E-state index contributed by atoms with van der Waals surface area (Å²) in [4.78, 5) is 50.3. The summed E-state index contributed by atoms with van der Waals surface area (Å²) in [6.07, 6.45) is 2.69. The summed E-state index contributed by atoms with van der Waals surface area (Å²) in [6, 6.07) is 4.20. The van der Waals surface area contributed by atoms with Gasteiger partial charge < -0.3 is 30.7 Å². The highest BCUT2D eigenvalue weighted by Gasteiger charge is 2.26. The molecule has 3 rings (SSSR count). The Kier molecular flexibility index (Phi) is 11.9. The van der Waals surface area contributed by atoms with Crippen molar-refractivity contribution in [3.8, 4) is 0 Å². The SMILES string of the molecule is CCN(CC)CCNC(=O)c1c(C)[nH]c(/C=C2\C(=O)Nc3ccc(F)cc32)c1C.O=C(O)CCCCC(=O)O. The Morgan fingerprint density at radius 1 is 1.05 bits per heavy atom. The maximum atomic E-state index is 13.7. The quantitative estimate of drug-likeness (QED) is 0.200. The normalized spacial score (nSPS) is 13.1. The molecule has 1 aromatic carbocycles. The molecule has 5 N–H and O–H groups in total. The van der Waals surface area contributed by atoms with Gasteiger partial charge in [-0.3, -0.25) is 19.2 Å². The molecular formula is C28H37FN4O6. The van der Waals surface area contributed by atoms with Crippen LogP contribution in [-0.4, -0.2) is 70.0 Å². The lowest BCUT2D eigenvalue weighted by Gasteiger charge is -2.18. The fraction of sp³-hybridized carbons (Fsp3) is 0.429. The molecule has 0 atom stereocenters. The van der Waals surface area contributed by atoms with Crippen molar-refractivity contribution >= 4 is 41.1 Å². The molecule has 1 aliphatic rings. The molecule has 0 bridgehead atoms. The second-order valence-corrected chi connectivity index (χ2v) is 9.14. The van der Waals surface area contributed by atoms with Gasteiger partial charge in [0.2, 0.25) is 0 Å². The van der Waals surface area contributed by atoms with E-state index in [0.29, 0.717) is 47.5 Å². The smallest absolute Gasteiger partial charge is 0.303 e. The second kappa shape index (κ2) is 14.8. The number of carboxylic acids is 2. The third-order valence-electron chi connectivity index (χ3n) is 6.40. The van der Waals surface area contributed by atoms with Crippen molar-refractivity contribution in [3.63, 3.8) is 0 Å². The zero-order valence-corrected chi connectivity index (χ0v) is 22.8. The summed E-state index contributed by atoms with van der Waals surface area (Å²) in [5, 5.41) is 22.0. The number of nitrogens with zero attached hydrogens (tertiary/aromatic N) is 1. The Balaban J connectivity index is 0.000000455. The third kappa shape index (κ3) is 9.06. The van der Waals surface area contributed by atoms with Gasteiger partial charge in [-0.2, -0.15) is 0 Å². The number of aliphatic carboxylic acids is 2. The van der Waals surface area contributed by atoms with Gasteiger partial charge in [-0.15, -0.1) is 0 Å². The van der Waals surface area contributed by atoms with E-state index in [1.165, 1.54) is 12.1 Å². The number of halogens is 1. The Bertz CT molecular complexity index is 1220. The van der Waals surface area contributed by atoms with Gasteiger partial charge in [0.1, 0.15) is 5.82 Å². The zero-order chi connectivity index (χ0) is 29.1. The number of carbonyl (C=O) groups is 4. The minimum atomic E-state index is -0.870. The predicted octanol–water partition coefficient (Wildman–Crippen LogP) is 4.05. The van der Waals surface area contributed by atoms with E-state index >= 15 is 0 Å². The molecule has 0 unspecified atom stereocenters. The monoisotopic (exact) mass is 544 g/mol. The van der Waals surface area contributed by atoms with E-state index in [1.54, 1.807) is 12.1 Å². The van der Waals surface area contributed by atoms with Gasteiger partial charge in [0.05, 0.1) is 11.1 Å². The van der Waals surface area contributed by atoms with E-state index in [4.69, 9.17) is 10.2 Å². The number of H-pyrrole nitrogens is 1. The Morgan fingerprint density at radius 3 is 2.23 bits per heavy atom. The van der Waals surface area contributed by atoms with Crippen molar-refractivity contribution in [1.29, 1.82) is 0 Å². The molecule has 1 aromatic heterocycles.